The highest BCUT2D eigenvalue weighted by molar-refractivity contribution is 5.89. The van der Waals surface area contributed by atoms with Crippen molar-refractivity contribution in [2.24, 2.45) is 0 Å². The van der Waals surface area contributed by atoms with Gasteiger partial charge >= 0.3 is 0 Å². The van der Waals surface area contributed by atoms with Crippen molar-refractivity contribution in [1.82, 2.24) is 15.0 Å². The van der Waals surface area contributed by atoms with Crippen LogP contribution in [0, 0.1) is 0 Å². The fourth-order valence-corrected chi connectivity index (χ4v) is 6.12. The number of anilines is 3. The Bertz CT molecular complexity index is 2180. The average Bonchev–Trinajstić information content (AvgIpc) is 3.20. The fraction of sp³-hybridized carbons (Fsp3) is 0. The van der Waals surface area contributed by atoms with Crippen molar-refractivity contribution < 1.29 is 0 Å². The van der Waals surface area contributed by atoms with Crippen LogP contribution in [0.25, 0.3) is 56.4 Å². The van der Waals surface area contributed by atoms with Gasteiger partial charge in [0.2, 0.25) is 0 Å². The van der Waals surface area contributed by atoms with Gasteiger partial charge in [0, 0.05) is 28.1 Å². The molecule has 0 radical (unpaired) electrons. The lowest BCUT2D eigenvalue weighted by Gasteiger charge is -2.28. The second-order valence-corrected chi connectivity index (χ2v) is 11.7. The smallest absolute Gasteiger partial charge is 0.166 e. The van der Waals surface area contributed by atoms with Crippen LogP contribution in [0.5, 0.6) is 0 Å². The third kappa shape index (κ3) is 6.36. The Morgan fingerprint density at radius 3 is 1.12 bits per heavy atom. The van der Waals surface area contributed by atoms with Gasteiger partial charge in [0.15, 0.2) is 17.5 Å². The van der Waals surface area contributed by atoms with E-state index in [-0.39, 0.29) is 0 Å². The van der Waals surface area contributed by atoms with E-state index in [1.54, 1.807) is 0 Å². The van der Waals surface area contributed by atoms with Crippen LogP contribution in [0.1, 0.15) is 0 Å². The average molecular weight is 629 g/mol. The van der Waals surface area contributed by atoms with Crippen molar-refractivity contribution in [2.75, 3.05) is 4.90 Å². The van der Waals surface area contributed by atoms with Crippen LogP contribution in [-0.4, -0.2) is 15.0 Å². The fourth-order valence-electron chi connectivity index (χ4n) is 6.12. The molecule has 1 heterocycles. The molecule has 0 fully saturated rings. The molecule has 0 spiro atoms. The van der Waals surface area contributed by atoms with Gasteiger partial charge in [-0.2, -0.15) is 0 Å². The monoisotopic (exact) mass is 628 g/mol. The minimum atomic E-state index is 0.603. The Kier molecular flexibility index (Phi) is 8.25. The van der Waals surface area contributed by atoms with Gasteiger partial charge in [-0.15, -0.1) is 0 Å². The minimum Gasteiger partial charge on any atom is -0.310 e. The maximum atomic E-state index is 5.11. The second-order valence-electron chi connectivity index (χ2n) is 11.7. The summed E-state index contributed by atoms with van der Waals surface area (Å²) in [6.07, 6.45) is 0. The van der Waals surface area contributed by atoms with Crippen molar-refractivity contribution in [2.45, 2.75) is 0 Å². The number of nitrogens with zero attached hydrogens (tertiary/aromatic N) is 4. The summed E-state index contributed by atoms with van der Waals surface area (Å²) in [5.74, 6) is 1.86. The van der Waals surface area contributed by atoms with Gasteiger partial charge in [-0.3, -0.25) is 0 Å². The molecule has 0 saturated heterocycles. The van der Waals surface area contributed by atoms with Crippen molar-refractivity contribution >= 4 is 17.1 Å². The summed E-state index contributed by atoms with van der Waals surface area (Å²) in [6.45, 7) is 0. The molecule has 232 valence electrons. The maximum Gasteiger partial charge on any atom is 0.166 e. The Morgan fingerprint density at radius 1 is 0.286 bits per heavy atom. The van der Waals surface area contributed by atoms with E-state index in [9.17, 15) is 0 Å². The highest BCUT2D eigenvalue weighted by Gasteiger charge is 2.21. The van der Waals surface area contributed by atoms with Gasteiger partial charge in [-0.25, -0.2) is 15.0 Å². The molecular weight excluding hydrogens is 597 g/mol. The molecule has 0 aliphatic rings. The van der Waals surface area contributed by atoms with Crippen molar-refractivity contribution in [3.05, 3.63) is 194 Å². The number of rotatable bonds is 8. The van der Waals surface area contributed by atoms with Crippen LogP contribution in [0.15, 0.2) is 194 Å². The Hall–Kier alpha value is -6.65. The second kappa shape index (κ2) is 13.6. The van der Waals surface area contributed by atoms with E-state index >= 15 is 0 Å². The highest BCUT2D eigenvalue weighted by Crippen LogP contribution is 2.42. The molecule has 8 rings (SSSR count). The number of hydrogen-bond acceptors (Lipinski definition) is 4. The lowest BCUT2D eigenvalue weighted by atomic mass is 10.0. The minimum absolute atomic E-state index is 0.603. The van der Waals surface area contributed by atoms with Gasteiger partial charge in [-0.05, 0) is 58.7 Å². The molecule has 0 bridgehead atoms. The number of aromatic nitrogens is 3. The van der Waals surface area contributed by atoms with E-state index in [2.05, 4.69) is 120 Å². The molecule has 0 aliphatic carbocycles. The topological polar surface area (TPSA) is 41.9 Å². The summed E-state index contributed by atoms with van der Waals surface area (Å²) in [6, 6.07) is 67.0. The Balaban J connectivity index is 1.35. The normalized spacial score (nSPS) is 10.9. The zero-order chi connectivity index (χ0) is 32.8. The summed E-state index contributed by atoms with van der Waals surface area (Å²) >= 11 is 0. The molecule has 0 aliphatic heterocycles. The van der Waals surface area contributed by atoms with Crippen molar-refractivity contribution in [3.8, 4) is 56.4 Å². The molecule has 0 unspecified atom stereocenters. The first-order chi connectivity index (χ1) is 24.3. The predicted octanol–water partition coefficient (Wildman–Crippen LogP) is 11.7. The first-order valence-electron chi connectivity index (χ1n) is 16.4. The van der Waals surface area contributed by atoms with E-state index in [1.807, 2.05) is 78.9 Å². The van der Waals surface area contributed by atoms with Crippen LogP contribution in [0.2, 0.25) is 0 Å². The summed E-state index contributed by atoms with van der Waals surface area (Å²) < 4.78 is 0. The van der Waals surface area contributed by atoms with Gasteiger partial charge in [0.1, 0.15) is 0 Å². The molecule has 0 atom stereocenters. The lowest BCUT2D eigenvalue weighted by molar-refractivity contribution is 1.07. The van der Waals surface area contributed by atoms with E-state index in [0.717, 1.165) is 56.0 Å². The van der Waals surface area contributed by atoms with Crippen LogP contribution in [0.4, 0.5) is 17.1 Å². The van der Waals surface area contributed by atoms with Gasteiger partial charge in [0.05, 0.1) is 5.69 Å². The molecule has 0 amide bonds. The summed E-state index contributed by atoms with van der Waals surface area (Å²) in [5.41, 5.74) is 10.4. The van der Waals surface area contributed by atoms with Crippen molar-refractivity contribution in [3.63, 3.8) is 0 Å². The molecule has 7 aromatic carbocycles. The maximum absolute atomic E-state index is 5.11. The third-order valence-corrected chi connectivity index (χ3v) is 8.51. The summed E-state index contributed by atoms with van der Waals surface area (Å²) in [7, 11) is 0. The van der Waals surface area contributed by atoms with Gasteiger partial charge in [-0.1, -0.05) is 158 Å². The molecule has 4 nitrogen and oxygen atoms in total. The van der Waals surface area contributed by atoms with E-state index < -0.39 is 0 Å². The Morgan fingerprint density at radius 2 is 0.653 bits per heavy atom. The van der Waals surface area contributed by atoms with Crippen molar-refractivity contribution in [1.29, 1.82) is 0 Å². The summed E-state index contributed by atoms with van der Waals surface area (Å²) in [4.78, 5) is 17.5. The first kappa shape index (κ1) is 29.7. The summed E-state index contributed by atoms with van der Waals surface area (Å²) in [5, 5.41) is 0. The van der Waals surface area contributed by atoms with Gasteiger partial charge in [0.25, 0.3) is 0 Å². The van der Waals surface area contributed by atoms with Crippen LogP contribution in [-0.2, 0) is 0 Å². The molecular formula is C45H32N4. The quantitative estimate of drug-likeness (QED) is 0.168. The van der Waals surface area contributed by atoms with Gasteiger partial charge < -0.3 is 4.90 Å². The number of para-hydroxylation sites is 1. The van der Waals surface area contributed by atoms with Crippen LogP contribution >= 0.6 is 0 Å². The van der Waals surface area contributed by atoms with E-state index in [0.29, 0.717) is 17.5 Å². The van der Waals surface area contributed by atoms with E-state index in [1.165, 1.54) is 0 Å². The molecule has 4 heteroatoms. The molecule has 1 aromatic heterocycles. The standard InChI is InChI=1S/C45H32N4/c1-5-17-33(18-6-1)37-25-15-27-39(31-37)49(40-28-16-26-38(32-40)34-19-7-2-8-20-34)42-30-14-13-29-41(42)45-47-43(35-21-9-3-10-22-35)46-44(48-45)36-23-11-4-12-24-36/h1-32H. The number of hydrogen-bond donors (Lipinski definition) is 0. The first-order valence-corrected chi connectivity index (χ1v) is 16.4. The highest BCUT2D eigenvalue weighted by atomic mass is 15.2. The zero-order valence-corrected chi connectivity index (χ0v) is 26.8. The molecule has 0 N–H and O–H groups in total. The molecule has 8 aromatic rings. The van der Waals surface area contributed by atoms with E-state index in [4.69, 9.17) is 15.0 Å². The number of benzene rings is 7. The molecule has 0 saturated carbocycles. The van der Waals surface area contributed by atoms with Crippen LogP contribution < -0.4 is 4.90 Å². The SMILES string of the molecule is c1ccc(-c2cccc(N(c3cccc(-c4ccccc4)c3)c3ccccc3-c3nc(-c4ccccc4)nc(-c4ccccc4)n3)c2)cc1. The molecule has 49 heavy (non-hydrogen) atoms. The third-order valence-electron chi connectivity index (χ3n) is 8.51. The van der Waals surface area contributed by atoms with Crippen LogP contribution in [0.3, 0.4) is 0 Å². The largest absolute Gasteiger partial charge is 0.310 e. The lowest BCUT2D eigenvalue weighted by Crippen LogP contribution is -2.12. The zero-order valence-electron chi connectivity index (χ0n) is 26.8. The predicted molar refractivity (Wildman–Crippen MR) is 202 cm³/mol. The Labute approximate surface area is 286 Å².